The maximum atomic E-state index is 9.65. The Balaban J connectivity index is 3.30. The van der Waals surface area contributed by atoms with Crippen LogP contribution in [-0.4, -0.2) is 73.9 Å². The Morgan fingerprint density at radius 1 is 1.00 bits per heavy atom. The van der Waals surface area contributed by atoms with Crippen molar-refractivity contribution in [1.29, 1.82) is 0 Å². The average Bonchev–Trinajstić information content (AvgIpc) is 2.40. The molecule has 19 heavy (non-hydrogen) atoms. The minimum atomic E-state index is -0.458. The summed E-state index contributed by atoms with van der Waals surface area (Å²) in [4.78, 5) is 2.04. The van der Waals surface area contributed by atoms with Crippen molar-refractivity contribution in [3.8, 4) is 0 Å². The van der Waals surface area contributed by atoms with E-state index in [1.807, 2.05) is 18.9 Å². The molecule has 0 aromatic rings. The monoisotopic (exact) mass is 277 g/mol. The summed E-state index contributed by atoms with van der Waals surface area (Å²) in [6, 6.07) is 0. The standard InChI is InChI=1S/C14H31NO4/c1-4-6-7-13(16)11-18-8-9-19-12-14(17)10-15(3)5-2/h13-14,16-17H,4-12H2,1-3H3. The molecule has 0 aliphatic rings. The fraction of sp³-hybridized carbons (Fsp3) is 1.00. The first kappa shape index (κ1) is 18.8. The molecule has 0 aliphatic heterocycles. The van der Waals surface area contributed by atoms with Crippen LogP contribution in [0.5, 0.6) is 0 Å². The number of aliphatic hydroxyl groups excluding tert-OH is 2. The lowest BCUT2D eigenvalue weighted by atomic mass is 10.2. The highest BCUT2D eigenvalue weighted by Gasteiger charge is 2.07. The van der Waals surface area contributed by atoms with Gasteiger partial charge in [0.2, 0.25) is 0 Å². The minimum absolute atomic E-state index is 0.325. The van der Waals surface area contributed by atoms with Crippen molar-refractivity contribution in [1.82, 2.24) is 4.90 Å². The van der Waals surface area contributed by atoms with Crippen molar-refractivity contribution >= 4 is 0 Å². The van der Waals surface area contributed by atoms with Crippen LogP contribution in [0.2, 0.25) is 0 Å². The van der Waals surface area contributed by atoms with E-state index in [4.69, 9.17) is 9.47 Å². The van der Waals surface area contributed by atoms with E-state index < -0.39 is 6.10 Å². The molecule has 0 saturated heterocycles. The van der Waals surface area contributed by atoms with Crippen LogP contribution in [-0.2, 0) is 9.47 Å². The lowest BCUT2D eigenvalue weighted by Gasteiger charge is -2.18. The van der Waals surface area contributed by atoms with Gasteiger partial charge in [0.1, 0.15) is 0 Å². The van der Waals surface area contributed by atoms with Gasteiger partial charge in [-0.15, -0.1) is 0 Å². The Hall–Kier alpha value is -0.200. The second-order valence-corrected chi connectivity index (χ2v) is 4.95. The molecule has 2 N–H and O–H groups in total. The second kappa shape index (κ2) is 12.8. The highest BCUT2D eigenvalue weighted by Crippen LogP contribution is 2.00. The third-order valence-corrected chi connectivity index (χ3v) is 2.95. The molecule has 0 fully saturated rings. The van der Waals surface area contributed by atoms with Crippen molar-refractivity contribution in [2.45, 2.75) is 45.3 Å². The number of unbranched alkanes of at least 4 members (excludes halogenated alkanes) is 1. The topological polar surface area (TPSA) is 62.2 Å². The zero-order valence-electron chi connectivity index (χ0n) is 12.7. The molecule has 2 unspecified atom stereocenters. The molecule has 0 amide bonds. The van der Waals surface area contributed by atoms with Gasteiger partial charge in [-0.05, 0) is 20.0 Å². The average molecular weight is 277 g/mol. The van der Waals surface area contributed by atoms with E-state index in [1.165, 1.54) is 0 Å². The van der Waals surface area contributed by atoms with Crippen LogP contribution in [0.1, 0.15) is 33.1 Å². The Kier molecular flexibility index (Phi) is 12.7. The van der Waals surface area contributed by atoms with Gasteiger partial charge in [-0.2, -0.15) is 0 Å². The Bertz CT molecular complexity index is 192. The van der Waals surface area contributed by atoms with E-state index in [0.717, 1.165) is 25.8 Å². The van der Waals surface area contributed by atoms with Gasteiger partial charge < -0.3 is 24.6 Å². The molecule has 2 atom stereocenters. The largest absolute Gasteiger partial charge is 0.391 e. The zero-order chi connectivity index (χ0) is 14.5. The maximum Gasteiger partial charge on any atom is 0.0900 e. The van der Waals surface area contributed by atoms with Gasteiger partial charge in [0, 0.05) is 6.54 Å². The predicted octanol–water partition coefficient (Wildman–Crippen LogP) is 0.883. The molecule has 0 aromatic heterocycles. The fourth-order valence-corrected chi connectivity index (χ4v) is 1.62. The maximum absolute atomic E-state index is 9.65. The van der Waals surface area contributed by atoms with Crippen LogP contribution in [0, 0.1) is 0 Å². The summed E-state index contributed by atoms with van der Waals surface area (Å²) < 4.78 is 10.6. The lowest BCUT2D eigenvalue weighted by molar-refractivity contribution is -0.0229. The van der Waals surface area contributed by atoms with Crippen LogP contribution in [0.4, 0.5) is 0 Å². The predicted molar refractivity (Wildman–Crippen MR) is 76.3 cm³/mol. The first-order valence-corrected chi connectivity index (χ1v) is 7.30. The van der Waals surface area contributed by atoms with E-state index in [9.17, 15) is 10.2 Å². The van der Waals surface area contributed by atoms with Crippen LogP contribution < -0.4 is 0 Å². The van der Waals surface area contributed by atoms with Gasteiger partial charge in [-0.1, -0.05) is 26.7 Å². The number of rotatable bonds is 13. The Morgan fingerprint density at radius 2 is 1.58 bits per heavy atom. The molecule has 0 spiro atoms. The number of aliphatic hydroxyl groups is 2. The first-order chi connectivity index (χ1) is 9.10. The lowest BCUT2D eigenvalue weighted by Crippen LogP contribution is -2.32. The second-order valence-electron chi connectivity index (χ2n) is 4.95. The zero-order valence-corrected chi connectivity index (χ0v) is 12.7. The quantitative estimate of drug-likeness (QED) is 0.489. The summed E-state index contributed by atoms with van der Waals surface area (Å²) in [5, 5.41) is 19.2. The molecule has 5 heteroatoms. The summed E-state index contributed by atoms with van der Waals surface area (Å²) in [5.74, 6) is 0. The summed E-state index contributed by atoms with van der Waals surface area (Å²) >= 11 is 0. The molecule has 0 heterocycles. The fourth-order valence-electron chi connectivity index (χ4n) is 1.62. The molecule has 116 valence electrons. The smallest absolute Gasteiger partial charge is 0.0900 e. The first-order valence-electron chi connectivity index (χ1n) is 7.30. The third-order valence-electron chi connectivity index (χ3n) is 2.95. The SMILES string of the molecule is CCCCC(O)COCCOCC(O)CN(C)CC. The van der Waals surface area contributed by atoms with E-state index >= 15 is 0 Å². The highest BCUT2D eigenvalue weighted by atomic mass is 16.5. The molecule has 0 aliphatic carbocycles. The van der Waals surface area contributed by atoms with Gasteiger partial charge in [-0.3, -0.25) is 0 Å². The van der Waals surface area contributed by atoms with Gasteiger partial charge in [-0.25, -0.2) is 0 Å². The van der Waals surface area contributed by atoms with Gasteiger partial charge >= 0.3 is 0 Å². The Labute approximate surface area is 117 Å². The van der Waals surface area contributed by atoms with Gasteiger partial charge in [0.05, 0.1) is 38.6 Å². The van der Waals surface area contributed by atoms with E-state index in [1.54, 1.807) is 0 Å². The molecule has 0 saturated carbocycles. The van der Waals surface area contributed by atoms with Crippen LogP contribution >= 0.6 is 0 Å². The van der Waals surface area contributed by atoms with Crippen molar-refractivity contribution in [2.75, 3.05) is 46.6 Å². The number of ether oxygens (including phenoxy) is 2. The molecule has 5 nitrogen and oxygen atoms in total. The van der Waals surface area contributed by atoms with Crippen molar-refractivity contribution in [2.24, 2.45) is 0 Å². The van der Waals surface area contributed by atoms with Crippen molar-refractivity contribution < 1.29 is 19.7 Å². The molecule has 0 aromatic carbocycles. The van der Waals surface area contributed by atoms with Crippen molar-refractivity contribution in [3.05, 3.63) is 0 Å². The number of hydrogen-bond acceptors (Lipinski definition) is 5. The van der Waals surface area contributed by atoms with E-state index in [0.29, 0.717) is 33.0 Å². The van der Waals surface area contributed by atoms with Crippen LogP contribution in [0.15, 0.2) is 0 Å². The minimum Gasteiger partial charge on any atom is -0.391 e. The van der Waals surface area contributed by atoms with Crippen LogP contribution in [0.3, 0.4) is 0 Å². The summed E-state index contributed by atoms with van der Waals surface area (Å²) in [5.41, 5.74) is 0. The van der Waals surface area contributed by atoms with Gasteiger partial charge in [0.15, 0.2) is 0 Å². The molecule has 0 radical (unpaired) electrons. The molecular weight excluding hydrogens is 246 g/mol. The number of likely N-dealkylation sites (N-methyl/N-ethyl adjacent to an activating group) is 1. The van der Waals surface area contributed by atoms with E-state index in [-0.39, 0.29) is 6.10 Å². The van der Waals surface area contributed by atoms with E-state index in [2.05, 4.69) is 6.92 Å². The Morgan fingerprint density at radius 3 is 2.11 bits per heavy atom. The number of hydrogen-bond donors (Lipinski definition) is 2. The molecule has 0 rings (SSSR count). The third kappa shape index (κ3) is 12.6. The molecule has 0 bridgehead atoms. The van der Waals surface area contributed by atoms with Crippen molar-refractivity contribution in [3.63, 3.8) is 0 Å². The summed E-state index contributed by atoms with van der Waals surface area (Å²) in [6.07, 6.45) is 2.07. The summed E-state index contributed by atoms with van der Waals surface area (Å²) in [6.45, 7) is 7.28. The normalized spacial score (nSPS) is 14.8. The number of nitrogens with zero attached hydrogens (tertiary/aromatic N) is 1. The summed E-state index contributed by atoms with van der Waals surface area (Å²) in [7, 11) is 1.96. The molecular formula is C14H31NO4. The van der Waals surface area contributed by atoms with Crippen LogP contribution in [0.25, 0.3) is 0 Å². The highest BCUT2D eigenvalue weighted by molar-refractivity contribution is 4.59. The van der Waals surface area contributed by atoms with Gasteiger partial charge in [0.25, 0.3) is 0 Å².